The van der Waals surface area contributed by atoms with Gasteiger partial charge in [0, 0.05) is 6.07 Å². The molecule has 1 aliphatic rings. The standard InChI is InChI=1S/C16H22F2O/c1-10(2)11-3-5-12(6-4-11)16(19)13-7-14(17)9-15(18)8-13/h7-12,16,19H,3-6H2,1-2H3. The SMILES string of the molecule is CC(C)C1CCC(C(O)c2cc(F)cc(F)c2)CC1. The van der Waals surface area contributed by atoms with E-state index in [-0.39, 0.29) is 5.92 Å². The van der Waals surface area contributed by atoms with Gasteiger partial charge in [-0.2, -0.15) is 0 Å². The first-order valence-corrected chi connectivity index (χ1v) is 7.11. The molecule has 0 amide bonds. The Morgan fingerprint density at radius 2 is 1.42 bits per heavy atom. The molecule has 0 spiro atoms. The molecule has 0 saturated heterocycles. The predicted molar refractivity (Wildman–Crippen MR) is 71.6 cm³/mol. The highest BCUT2D eigenvalue weighted by Gasteiger charge is 2.28. The zero-order valence-electron chi connectivity index (χ0n) is 11.6. The number of hydrogen-bond acceptors (Lipinski definition) is 1. The van der Waals surface area contributed by atoms with E-state index in [4.69, 9.17) is 0 Å². The maximum Gasteiger partial charge on any atom is 0.126 e. The molecule has 1 fully saturated rings. The fraction of sp³-hybridized carbons (Fsp3) is 0.625. The third-order valence-electron chi connectivity index (χ3n) is 4.43. The third kappa shape index (κ3) is 3.53. The van der Waals surface area contributed by atoms with Crippen molar-refractivity contribution in [2.45, 2.75) is 45.6 Å². The summed E-state index contributed by atoms with van der Waals surface area (Å²) in [5.41, 5.74) is 0.366. The van der Waals surface area contributed by atoms with E-state index in [0.717, 1.165) is 31.7 Å². The number of rotatable bonds is 3. The molecular formula is C16H22F2O. The van der Waals surface area contributed by atoms with Crippen molar-refractivity contribution in [2.75, 3.05) is 0 Å². The number of benzene rings is 1. The highest BCUT2D eigenvalue weighted by Crippen LogP contribution is 2.39. The van der Waals surface area contributed by atoms with Crippen molar-refractivity contribution in [1.29, 1.82) is 0 Å². The normalized spacial score (nSPS) is 25.6. The first-order chi connectivity index (χ1) is 8.97. The van der Waals surface area contributed by atoms with E-state index in [1.54, 1.807) is 0 Å². The van der Waals surface area contributed by atoms with Crippen LogP contribution in [0, 0.1) is 29.4 Å². The molecule has 1 unspecified atom stereocenters. The van der Waals surface area contributed by atoms with Crippen molar-refractivity contribution < 1.29 is 13.9 Å². The molecule has 0 bridgehead atoms. The lowest BCUT2D eigenvalue weighted by molar-refractivity contribution is 0.0663. The van der Waals surface area contributed by atoms with Crippen LogP contribution in [0.25, 0.3) is 0 Å². The summed E-state index contributed by atoms with van der Waals surface area (Å²) in [6, 6.07) is 3.32. The van der Waals surface area contributed by atoms with Gasteiger partial charge >= 0.3 is 0 Å². The molecule has 0 radical (unpaired) electrons. The van der Waals surface area contributed by atoms with E-state index in [2.05, 4.69) is 13.8 Å². The second-order valence-electron chi connectivity index (χ2n) is 6.07. The molecule has 0 aromatic heterocycles. The summed E-state index contributed by atoms with van der Waals surface area (Å²) in [5, 5.41) is 10.3. The topological polar surface area (TPSA) is 20.2 Å². The monoisotopic (exact) mass is 268 g/mol. The van der Waals surface area contributed by atoms with Crippen LogP contribution >= 0.6 is 0 Å². The average molecular weight is 268 g/mol. The molecular weight excluding hydrogens is 246 g/mol. The Hall–Kier alpha value is -0.960. The van der Waals surface area contributed by atoms with Gasteiger partial charge in [0.1, 0.15) is 11.6 Å². The molecule has 0 aliphatic heterocycles. The summed E-state index contributed by atoms with van der Waals surface area (Å²) in [6.45, 7) is 4.45. The molecule has 1 saturated carbocycles. The summed E-state index contributed by atoms with van der Waals surface area (Å²) in [4.78, 5) is 0. The lowest BCUT2D eigenvalue weighted by atomic mass is 9.74. The molecule has 2 rings (SSSR count). The van der Waals surface area contributed by atoms with Crippen LogP contribution in [0.2, 0.25) is 0 Å². The molecule has 1 aromatic rings. The Morgan fingerprint density at radius 3 is 1.89 bits per heavy atom. The Morgan fingerprint density at radius 1 is 0.947 bits per heavy atom. The molecule has 1 N–H and O–H groups in total. The van der Waals surface area contributed by atoms with Crippen molar-refractivity contribution in [3.63, 3.8) is 0 Å². The highest BCUT2D eigenvalue weighted by atomic mass is 19.1. The molecule has 1 nitrogen and oxygen atoms in total. The van der Waals surface area contributed by atoms with Crippen LogP contribution in [0.1, 0.15) is 51.2 Å². The minimum atomic E-state index is -0.752. The van der Waals surface area contributed by atoms with Gasteiger partial charge < -0.3 is 5.11 Å². The van der Waals surface area contributed by atoms with Gasteiger partial charge in [-0.15, -0.1) is 0 Å². The van der Waals surface area contributed by atoms with Crippen LogP contribution in [0.4, 0.5) is 8.78 Å². The number of halogens is 2. The highest BCUT2D eigenvalue weighted by molar-refractivity contribution is 5.20. The smallest absolute Gasteiger partial charge is 0.126 e. The molecule has 1 atom stereocenters. The fourth-order valence-electron chi connectivity index (χ4n) is 3.15. The van der Waals surface area contributed by atoms with Crippen LogP contribution in [0.3, 0.4) is 0 Å². The molecule has 3 heteroatoms. The van der Waals surface area contributed by atoms with Gasteiger partial charge in [0.2, 0.25) is 0 Å². The largest absolute Gasteiger partial charge is 0.388 e. The van der Waals surface area contributed by atoms with Crippen LogP contribution < -0.4 is 0 Å². The van der Waals surface area contributed by atoms with Crippen molar-refractivity contribution in [3.8, 4) is 0 Å². The Labute approximate surface area is 113 Å². The van der Waals surface area contributed by atoms with E-state index in [1.165, 1.54) is 12.1 Å². The van der Waals surface area contributed by atoms with E-state index < -0.39 is 17.7 Å². The number of hydrogen-bond donors (Lipinski definition) is 1. The Bertz CT molecular complexity index is 403. The van der Waals surface area contributed by atoms with Crippen LogP contribution in [-0.4, -0.2) is 5.11 Å². The summed E-state index contributed by atoms with van der Waals surface area (Å²) < 4.78 is 26.3. The summed E-state index contributed by atoms with van der Waals surface area (Å²) in [5.74, 6) is 0.267. The van der Waals surface area contributed by atoms with Crippen molar-refractivity contribution >= 4 is 0 Å². The fourth-order valence-corrected chi connectivity index (χ4v) is 3.15. The van der Waals surface area contributed by atoms with Gasteiger partial charge in [-0.05, 0) is 61.1 Å². The van der Waals surface area contributed by atoms with E-state index >= 15 is 0 Å². The summed E-state index contributed by atoms with van der Waals surface area (Å²) >= 11 is 0. The Balaban J connectivity index is 2.02. The van der Waals surface area contributed by atoms with E-state index in [0.29, 0.717) is 17.4 Å². The van der Waals surface area contributed by atoms with E-state index in [9.17, 15) is 13.9 Å². The Kier molecular flexibility index (Phi) is 4.56. The predicted octanol–water partition coefficient (Wildman–Crippen LogP) is 4.46. The maximum absolute atomic E-state index is 13.2. The molecule has 1 aromatic carbocycles. The van der Waals surface area contributed by atoms with Gasteiger partial charge in [-0.3, -0.25) is 0 Å². The molecule has 0 heterocycles. The maximum atomic E-state index is 13.2. The van der Waals surface area contributed by atoms with Crippen molar-refractivity contribution in [1.82, 2.24) is 0 Å². The van der Waals surface area contributed by atoms with Crippen molar-refractivity contribution in [3.05, 3.63) is 35.4 Å². The summed E-state index contributed by atoms with van der Waals surface area (Å²) in [6.07, 6.45) is 3.30. The minimum absolute atomic E-state index is 0.121. The van der Waals surface area contributed by atoms with Gasteiger partial charge in [0.05, 0.1) is 6.10 Å². The summed E-state index contributed by atoms with van der Waals surface area (Å²) in [7, 11) is 0. The number of aliphatic hydroxyl groups is 1. The minimum Gasteiger partial charge on any atom is -0.388 e. The van der Waals surface area contributed by atoms with Gasteiger partial charge in [-0.1, -0.05) is 13.8 Å². The lowest BCUT2D eigenvalue weighted by Crippen LogP contribution is -2.23. The van der Waals surface area contributed by atoms with Gasteiger partial charge in [0.15, 0.2) is 0 Å². The van der Waals surface area contributed by atoms with Crippen LogP contribution in [0.15, 0.2) is 18.2 Å². The third-order valence-corrected chi connectivity index (χ3v) is 4.43. The van der Waals surface area contributed by atoms with Crippen molar-refractivity contribution in [2.24, 2.45) is 17.8 Å². The molecule has 19 heavy (non-hydrogen) atoms. The van der Waals surface area contributed by atoms with Crippen LogP contribution in [-0.2, 0) is 0 Å². The lowest BCUT2D eigenvalue weighted by Gasteiger charge is -2.33. The zero-order chi connectivity index (χ0) is 14.0. The van der Waals surface area contributed by atoms with Crippen LogP contribution in [0.5, 0.6) is 0 Å². The van der Waals surface area contributed by atoms with Gasteiger partial charge in [0.25, 0.3) is 0 Å². The van der Waals surface area contributed by atoms with Gasteiger partial charge in [-0.25, -0.2) is 8.78 Å². The number of aliphatic hydroxyl groups excluding tert-OH is 1. The zero-order valence-corrected chi connectivity index (χ0v) is 11.6. The first kappa shape index (κ1) is 14.4. The second kappa shape index (κ2) is 6.00. The van der Waals surface area contributed by atoms with E-state index in [1.807, 2.05) is 0 Å². The second-order valence-corrected chi connectivity index (χ2v) is 6.07. The quantitative estimate of drug-likeness (QED) is 0.858. The molecule has 106 valence electrons. The molecule has 1 aliphatic carbocycles. The average Bonchev–Trinajstić information content (AvgIpc) is 2.37. The first-order valence-electron chi connectivity index (χ1n) is 7.11.